The molecule has 0 bridgehead atoms. The van der Waals surface area contributed by atoms with E-state index in [1.807, 2.05) is 0 Å². The minimum atomic E-state index is -0.271. The predicted octanol–water partition coefficient (Wildman–Crippen LogP) is 2.47. The van der Waals surface area contributed by atoms with Gasteiger partial charge in [0.05, 0.1) is 24.2 Å². The van der Waals surface area contributed by atoms with Gasteiger partial charge in [0.15, 0.2) is 23.1 Å². The summed E-state index contributed by atoms with van der Waals surface area (Å²) in [6, 6.07) is 0. The second-order valence-electron chi connectivity index (χ2n) is 6.97. The van der Waals surface area contributed by atoms with Crippen molar-refractivity contribution in [3.63, 3.8) is 0 Å². The van der Waals surface area contributed by atoms with Crippen molar-refractivity contribution >= 4 is 23.1 Å². The van der Waals surface area contributed by atoms with E-state index in [0.29, 0.717) is 35.6 Å². The number of hydrogen-bond donors (Lipinski definition) is 2. The van der Waals surface area contributed by atoms with Gasteiger partial charge >= 0.3 is 0 Å². The Bertz CT molecular complexity index is 718. The molecule has 2 aliphatic rings. The van der Waals surface area contributed by atoms with E-state index in [1.54, 1.807) is 24.3 Å². The van der Waals surface area contributed by atoms with Crippen molar-refractivity contribution in [1.82, 2.24) is 10.6 Å². The molecule has 0 aromatic carbocycles. The second-order valence-corrected chi connectivity index (χ2v) is 6.97. The van der Waals surface area contributed by atoms with E-state index in [0.717, 1.165) is 25.7 Å². The highest BCUT2D eigenvalue weighted by atomic mass is 16.2. The zero-order chi connectivity index (χ0) is 20.5. The number of carbonyl (C=O) groups excluding carboxylic acids is 4. The standard InChI is InChI=1S/C22H28N2O4/c1-3-5-9-23-17-11-15(19(25)13-21(17)27)7-8-16-12-18(24-10-6-4-2)22(28)14-20(16)26/h7-8,11-12,23-24H,3-6,9-10,13-14H2,1-2H3/b15-7-,16-8+. The van der Waals surface area contributed by atoms with Gasteiger partial charge in [-0.15, -0.1) is 0 Å². The Kier molecular flexibility index (Phi) is 8.11. The molecule has 28 heavy (non-hydrogen) atoms. The lowest BCUT2D eigenvalue weighted by atomic mass is 9.93. The van der Waals surface area contributed by atoms with E-state index < -0.39 is 0 Å². The highest BCUT2D eigenvalue weighted by Gasteiger charge is 2.24. The molecule has 0 spiro atoms. The second kappa shape index (κ2) is 10.5. The van der Waals surface area contributed by atoms with Gasteiger partial charge in [0.1, 0.15) is 0 Å². The summed E-state index contributed by atoms with van der Waals surface area (Å²) in [5.41, 5.74) is 1.62. The molecule has 0 saturated carbocycles. The number of nitrogens with one attached hydrogen (secondary N) is 2. The molecule has 0 radical (unpaired) electrons. The lowest BCUT2D eigenvalue weighted by Gasteiger charge is -2.16. The van der Waals surface area contributed by atoms with Crippen LogP contribution in [0.5, 0.6) is 0 Å². The Hall–Kier alpha value is -2.76. The fraction of sp³-hybridized carbons (Fsp3) is 0.455. The Morgan fingerprint density at radius 2 is 1.11 bits per heavy atom. The normalized spacial score (nSPS) is 20.5. The van der Waals surface area contributed by atoms with Gasteiger partial charge < -0.3 is 10.6 Å². The third-order valence-corrected chi connectivity index (χ3v) is 4.62. The number of hydrogen-bond acceptors (Lipinski definition) is 6. The van der Waals surface area contributed by atoms with E-state index in [4.69, 9.17) is 0 Å². The number of Topliss-reactive ketones (excluding diaryl/α,β-unsaturated/α-hetero) is 4. The van der Waals surface area contributed by atoms with Crippen LogP contribution >= 0.6 is 0 Å². The van der Waals surface area contributed by atoms with Gasteiger partial charge in [0.2, 0.25) is 0 Å². The molecule has 0 fully saturated rings. The van der Waals surface area contributed by atoms with Crippen LogP contribution in [-0.4, -0.2) is 36.2 Å². The first-order chi connectivity index (χ1) is 13.5. The number of carbonyl (C=O) groups is 4. The van der Waals surface area contributed by atoms with Crippen molar-refractivity contribution in [3.8, 4) is 0 Å². The lowest BCUT2D eigenvalue weighted by molar-refractivity contribution is -0.125. The van der Waals surface area contributed by atoms with Gasteiger partial charge in [-0.2, -0.15) is 0 Å². The van der Waals surface area contributed by atoms with Crippen LogP contribution in [0.2, 0.25) is 0 Å². The SMILES string of the molecule is CCCCNC1=C/C(=C/C=C2\C=C(NCCCC)C(=O)CC2=O)C(=O)CC1=O. The highest BCUT2D eigenvalue weighted by molar-refractivity contribution is 6.19. The maximum Gasteiger partial charge on any atom is 0.186 e. The van der Waals surface area contributed by atoms with Crippen LogP contribution in [0.3, 0.4) is 0 Å². The van der Waals surface area contributed by atoms with Gasteiger partial charge in [0, 0.05) is 24.2 Å². The summed E-state index contributed by atoms with van der Waals surface area (Å²) < 4.78 is 0. The highest BCUT2D eigenvalue weighted by Crippen LogP contribution is 2.19. The van der Waals surface area contributed by atoms with E-state index in [-0.39, 0.29) is 36.0 Å². The molecule has 0 heterocycles. The summed E-state index contributed by atoms with van der Waals surface area (Å²) >= 11 is 0. The molecule has 0 aliphatic heterocycles. The minimum Gasteiger partial charge on any atom is -0.382 e. The Balaban J connectivity index is 2.22. The molecule has 0 amide bonds. The first-order valence-corrected chi connectivity index (χ1v) is 9.92. The number of unbranched alkanes of at least 4 members (excludes halogenated alkanes) is 2. The molecule has 0 aromatic rings. The van der Waals surface area contributed by atoms with Crippen molar-refractivity contribution in [2.24, 2.45) is 0 Å². The third kappa shape index (κ3) is 5.87. The summed E-state index contributed by atoms with van der Waals surface area (Å²) in [4.78, 5) is 48.3. The average molecular weight is 384 g/mol. The predicted molar refractivity (Wildman–Crippen MR) is 107 cm³/mol. The smallest absolute Gasteiger partial charge is 0.186 e. The maximum absolute atomic E-state index is 12.2. The van der Waals surface area contributed by atoms with E-state index in [2.05, 4.69) is 24.5 Å². The largest absolute Gasteiger partial charge is 0.382 e. The third-order valence-electron chi connectivity index (χ3n) is 4.62. The maximum atomic E-state index is 12.2. The monoisotopic (exact) mass is 384 g/mol. The zero-order valence-corrected chi connectivity index (χ0v) is 16.6. The molecule has 2 aliphatic carbocycles. The van der Waals surface area contributed by atoms with Crippen LogP contribution in [0.1, 0.15) is 52.4 Å². The van der Waals surface area contributed by atoms with E-state index in [9.17, 15) is 19.2 Å². The Labute approximate surface area is 165 Å². The van der Waals surface area contributed by atoms with Crippen molar-refractivity contribution in [2.45, 2.75) is 52.4 Å². The lowest BCUT2D eigenvalue weighted by Crippen LogP contribution is -2.28. The first-order valence-electron chi connectivity index (χ1n) is 9.92. The minimum absolute atomic E-state index is 0.175. The van der Waals surface area contributed by atoms with Crippen molar-refractivity contribution in [3.05, 3.63) is 46.8 Å². The van der Waals surface area contributed by atoms with E-state index in [1.165, 1.54) is 0 Å². The van der Waals surface area contributed by atoms with Crippen LogP contribution in [0, 0.1) is 0 Å². The van der Waals surface area contributed by atoms with Crippen LogP contribution < -0.4 is 10.6 Å². The summed E-state index contributed by atoms with van der Waals surface area (Å²) in [6.07, 6.45) is 9.73. The average Bonchev–Trinajstić information content (AvgIpc) is 2.65. The molecule has 2 rings (SSSR count). The molecule has 6 nitrogen and oxygen atoms in total. The molecule has 2 N–H and O–H groups in total. The van der Waals surface area contributed by atoms with Gasteiger partial charge in [0.25, 0.3) is 0 Å². The summed E-state index contributed by atoms with van der Waals surface area (Å²) in [7, 11) is 0. The fourth-order valence-electron chi connectivity index (χ4n) is 2.88. The topological polar surface area (TPSA) is 92.3 Å². The summed E-state index contributed by atoms with van der Waals surface area (Å²) in [5.74, 6) is -0.972. The first kappa shape index (κ1) is 21.5. The summed E-state index contributed by atoms with van der Waals surface area (Å²) in [5, 5.41) is 6.15. The fourth-order valence-corrected chi connectivity index (χ4v) is 2.88. The molecular formula is C22H28N2O4. The van der Waals surface area contributed by atoms with Crippen molar-refractivity contribution in [2.75, 3.05) is 13.1 Å². The quantitative estimate of drug-likeness (QED) is 0.360. The molecule has 6 heteroatoms. The van der Waals surface area contributed by atoms with Gasteiger partial charge in [-0.25, -0.2) is 0 Å². The Morgan fingerprint density at radius 3 is 1.46 bits per heavy atom. The molecule has 0 saturated heterocycles. The molecule has 0 unspecified atom stereocenters. The number of rotatable bonds is 9. The molecule has 150 valence electrons. The van der Waals surface area contributed by atoms with Crippen LogP contribution in [-0.2, 0) is 19.2 Å². The van der Waals surface area contributed by atoms with Crippen LogP contribution in [0.15, 0.2) is 46.8 Å². The van der Waals surface area contributed by atoms with Crippen molar-refractivity contribution < 1.29 is 19.2 Å². The van der Waals surface area contributed by atoms with Crippen molar-refractivity contribution in [1.29, 1.82) is 0 Å². The van der Waals surface area contributed by atoms with E-state index >= 15 is 0 Å². The zero-order valence-electron chi connectivity index (χ0n) is 16.6. The number of allylic oxidation sites excluding steroid dienone is 8. The summed E-state index contributed by atoms with van der Waals surface area (Å²) in [6.45, 7) is 5.47. The van der Waals surface area contributed by atoms with Gasteiger partial charge in [-0.05, 0) is 25.0 Å². The Morgan fingerprint density at radius 1 is 0.714 bits per heavy atom. The number of ketones is 4. The molecule has 0 atom stereocenters. The molecule has 0 aromatic heterocycles. The van der Waals surface area contributed by atoms with Gasteiger partial charge in [-0.3, -0.25) is 19.2 Å². The molecular weight excluding hydrogens is 356 g/mol. The van der Waals surface area contributed by atoms with Gasteiger partial charge in [-0.1, -0.05) is 38.8 Å². The van der Waals surface area contributed by atoms with Crippen LogP contribution in [0.25, 0.3) is 0 Å². The van der Waals surface area contributed by atoms with Crippen LogP contribution in [0.4, 0.5) is 0 Å².